The maximum absolute atomic E-state index is 5.05. The van der Waals surface area contributed by atoms with Crippen LogP contribution in [0.15, 0.2) is 30.6 Å². The van der Waals surface area contributed by atoms with Gasteiger partial charge in [-0.2, -0.15) is 4.98 Å². The number of ether oxygens (including phenoxy) is 1. The molecule has 1 N–H and O–H groups in total. The molecule has 0 aliphatic heterocycles. The van der Waals surface area contributed by atoms with Crippen molar-refractivity contribution in [1.82, 2.24) is 14.6 Å². The number of methoxy groups -OCH3 is 1. The zero-order chi connectivity index (χ0) is 10.7. The summed E-state index contributed by atoms with van der Waals surface area (Å²) in [5.74, 6) is 1.07. The van der Waals surface area contributed by atoms with Gasteiger partial charge in [0.05, 0.1) is 7.11 Å². The summed E-state index contributed by atoms with van der Waals surface area (Å²) in [6.45, 7) is 1.89. The maximum atomic E-state index is 5.05. The lowest BCUT2D eigenvalue weighted by molar-refractivity contribution is 0.397. The normalized spacial score (nSPS) is 10.0. The molecular weight excluding hydrogens is 192 g/mol. The van der Waals surface area contributed by atoms with Crippen molar-refractivity contribution in [3.05, 3.63) is 36.3 Å². The van der Waals surface area contributed by atoms with Gasteiger partial charge in [0.2, 0.25) is 11.8 Å². The van der Waals surface area contributed by atoms with Crippen molar-refractivity contribution in [3.63, 3.8) is 0 Å². The molecule has 2 aromatic rings. The topological polar surface area (TPSA) is 52.0 Å². The van der Waals surface area contributed by atoms with Crippen molar-refractivity contribution in [2.75, 3.05) is 12.5 Å². The number of rotatable bonds is 3. The molecule has 0 fully saturated rings. The zero-order valence-electron chi connectivity index (χ0n) is 8.64. The van der Waals surface area contributed by atoms with Crippen molar-refractivity contribution in [2.45, 2.75) is 6.92 Å². The predicted molar refractivity (Wildman–Crippen MR) is 56.8 cm³/mol. The molecule has 0 aromatic carbocycles. The molecule has 0 spiro atoms. The van der Waals surface area contributed by atoms with Gasteiger partial charge in [-0.15, -0.1) is 0 Å². The van der Waals surface area contributed by atoms with E-state index in [1.54, 1.807) is 17.9 Å². The molecule has 78 valence electrons. The Morgan fingerprint density at radius 1 is 1.27 bits per heavy atom. The molecule has 5 nitrogen and oxygen atoms in total. The summed E-state index contributed by atoms with van der Waals surface area (Å²) < 4.78 is 6.83. The molecule has 0 bridgehead atoms. The van der Waals surface area contributed by atoms with E-state index in [4.69, 9.17) is 4.74 Å². The van der Waals surface area contributed by atoms with Crippen molar-refractivity contribution < 1.29 is 4.74 Å². The number of hydrogen-bond acceptors (Lipinski definition) is 4. The SMILES string of the molecule is COc1cc(C)nc(Nn2cccc2)n1. The second kappa shape index (κ2) is 4.00. The molecule has 15 heavy (non-hydrogen) atoms. The van der Waals surface area contributed by atoms with Crippen LogP contribution >= 0.6 is 0 Å². The number of hydrogen-bond donors (Lipinski definition) is 1. The van der Waals surface area contributed by atoms with E-state index >= 15 is 0 Å². The summed E-state index contributed by atoms with van der Waals surface area (Å²) in [4.78, 5) is 8.40. The van der Waals surface area contributed by atoms with Crippen molar-refractivity contribution in [1.29, 1.82) is 0 Å². The van der Waals surface area contributed by atoms with E-state index in [2.05, 4.69) is 15.4 Å². The van der Waals surface area contributed by atoms with Crippen LogP contribution in [0.5, 0.6) is 5.88 Å². The minimum Gasteiger partial charge on any atom is -0.481 e. The molecule has 0 saturated carbocycles. The third-order valence-electron chi connectivity index (χ3n) is 1.87. The summed E-state index contributed by atoms with van der Waals surface area (Å²) in [6, 6.07) is 5.61. The Morgan fingerprint density at radius 2 is 2.00 bits per heavy atom. The van der Waals surface area contributed by atoms with Gasteiger partial charge in [0, 0.05) is 24.2 Å². The molecule has 2 aromatic heterocycles. The van der Waals surface area contributed by atoms with E-state index in [0.717, 1.165) is 5.69 Å². The number of nitrogens with zero attached hydrogens (tertiary/aromatic N) is 3. The monoisotopic (exact) mass is 204 g/mol. The van der Waals surface area contributed by atoms with Crippen LogP contribution < -0.4 is 10.2 Å². The van der Waals surface area contributed by atoms with E-state index in [1.807, 2.05) is 31.5 Å². The summed E-state index contributed by atoms with van der Waals surface area (Å²) >= 11 is 0. The first kappa shape index (κ1) is 9.51. The average molecular weight is 204 g/mol. The standard InChI is InChI=1S/C10H12N4O/c1-8-7-9(15-2)12-10(11-8)13-14-5-3-4-6-14/h3-7H,1-2H3,(H,11,12,13). The Balaban J connectivity index is 2.24. The van der Waals surface area contributed by atoms with Gasteiger partial charge in [0.1, 0.15) is 0 Å². The first-order valence-corrected chi connectivity index (χ1v) is 4.57. The molecule has 0 atom stereocenters. The Bertz CT molecular complexity index is 439. The molecule has 0 amide bonds. The Morgan fingerprint density at radius 3 is 2.67 bits per heavy atom. The van der Waals surface area contributed by atoms with Crippen LogP contribution in [0, 0.1) is 6.92 Å². The summed E-state index contributed by atoms with van der Waals surface area (Å²) in [5, 5.41) is 0. The van der Waals surface area contributed by atoms with Gasteiger partial charge in [-0.3, -0.25) is 10.1 Å². The summed E-state index contributed by atoms with van der Waals surface area (Å²) in [7, 11) is 1.58. The second-order valence-corrected chi connectivity index (χ2v) is 3.08. The fourth-order valence-electron chi connectivity index (χ4n) is 1.22. The summed E-state index contributed by atoms with van der Waals surface area (Å²) in [6.07, 6.45) is 3.75. The number of aromatic nitrogens is 3. The predicted octanol–water partition coefficient (Wildman–Crippen LogP) is 1.47. The third-order valence-corrected chi connectivity index (χ3v) is 1.87. The minimum atomic E-state index is 0.517. The summed E-state index contributed by atoms with van der Waals surface area (Å²) in [5.41, 5.74) is 3.87. The molecule has 0 unspecified atom stereocenters. The van der Waals surface area contributed by atoms with Gasteiger partial charge < -0.3 is 4.74 Å². The Labute approximate surface area is 87.7 Å². The molecule has 5 heteroatoms. The first-order chi connectivity index (χ1) is 7.28. The van der Waals surface area contributed by atoms with Gasteiger partial charge in [-0.25, -0.2) is 4.98 Å². The number of nitrogens with one attached hydrogen (secondary N) is 1. The zero-order valence-corrected chi connectivity index (χ0v) is 8.64. The van der Waals surface area contributed by atoms with E-state index < -0.39 is 0 Å². The molecule has 0 radical (unpaired) electrons. The van der Waals surface area contributed by atoms with Crippen LogP contribution in [0.25, 0.3) is 0 Å². The number of aryl methyl sites for hydroxylation is 1. The lowest BCUT2D eigenvalue weighted by atomic mass is 10.4. The molecule has 2 rings (SSSR count). The first-order valence-electron chi connectivity index (χ1n) is 4.57. The number of anilines is 1. The lowest BCUT2D eigenvalue weighted by Gasteiger charge is -2.07. The van der Waals surface area contributed by atoms with Crippen molar-refractivity contribution in [2.24, 2.45) is 0 Å². The Hall–Kier alpha value is -2.04. The highest BCUT2D eigenvalue weighted by Crippen LogP contribution is 2.11. The van der Waals surface area contributed by atoms with Crippen LogP contribution in [-0.4, -0.2) is 21.8 Å². The van der Waals surface area contributed by atoms with Crippen LogP contribution in [-0.2, 0) is 0 Å². The third kappa shape index (κ3) is 2.25. The molecule has 0 aliphatic rings. The van der Waals surface area contributed by atoms with Gasteiger partial charge in [-0.1, -0.05) is 0 Å². The van der Waals surface area contributed by atoms with Crippen LogP contribution in [0.4, 0.5) is 5.95 Å². The van der Waals surface area contributed by atoms with Crippen LogP contribution in [0.2, 0.25) is 0 Å². The minimum absolute atomic E-state index is 0.517. The quantitative estimate of drug-likeness (QED) is 0.822. The molecule has 0 aliphatic carbocycles. The van der Waals surface area contributed by atoms with Gasteiger partial charge in [0.25, 0.3) is 0 Å². The Kier molecular flexibility index (Phi) is 2.53. The smallest absolute Gasteiger partial charge is 0.245 e. The fraction of sp³-hybridized carbons (Fsp3) is 0.200. The average Bonchev–Trinajstić information content (AvgIpc) is 2.69. The van der Waals surface area contributed by atoms with Gasteiger partial charge in [-0.05, 0) is 19.1 Å². The molecular formula is C10H12N4O. The van der Waals surface area contributed by atoms with Gasteiger partial charge in [0.15, 0.2) is 0 Å². The molecule has 2 heterocycles. The highest BCUT2D eigenvalue weighted by Gasteiger charge is 2.01. The van der Waals surface area contributed by atoms with Crippen molar-refractivity contribution >= 4 is 5.95 Å². The van der Waals surface area contributed by atoms with Crippen molar-refractivity contribution in [3.8, 4) is 5.88 Å². The van der Waals surface area contributed by atoms with Crippen LogP contribution in [0.3, 0.4) is 0 Å². The lowest BCUT2D eigenvalue weighted by Crippen LogP contribution is -2.10. The largest absolute Gasteiger partial charge is 0.481 e. The van der Waals surface area contributed by atoms with E-state index in [0.29, 0.717) is 11.8 Å². The fourth-order valence-corrected chi connectivity index (χ4v) is 1.22. The van der Waals surface area contributed by atoms with Gasteiger partial charge >= 0.3 is 0 Å². The highest BCUT2D eigenvalue weighted by molar-refractivity contribution is 5.30. The van der Waals surface area contributed by atoms with E-state index in [9.17, 15) is 0 Å². The van der Waals surface area contributed by atoms with E-state index in [1.165, 1.54) is 0 Å². The molecule has 0 saturated heterocycles. The maximum Gasteiger partial charge on any atom is 0.245 e. The van der Waals surface area contributed by atoms with E-state index in [-0.39, 0.29) is 0 Å². The van der Waals surface area contributed by atoms with Crippen LogP contribution in [0.1, 0.15) is 5.69 Å². The highest BCUT2D eigenvalue weighted by atomic mass is 16.5. The second-order valence-electron chi connectivity index (χ2n) is 3.08.